The van der Waals surface area contributed by atoms with Gasteiger partial charge in [0.2, 0.25) is 0 Å². The first-order chi connectivity index (χ1) is 15.2. The van der Waals surface area contributed by atoms with E-state index in [2.05, 4.69) is 15.1 Å². The van der Waals surface area contributed by atoms with E-state index in [1.807, 2.05) is 5.38 Å². The molecule has 1 saturated heterocycles. The quantitative estimate of drug-likeness (QED) is 0.515. The number of ether oxygens (including phenoxy) is 1. The third-order valence-corrected chi connectivity index (χ3v) is 5.78. The molecule has 1 aliphatic heterocycles. The smallest absolute Gasteiger partial charge is 0.377 e. The number of nitrogens with two attached hydrogens (primary N) is 2. The molecule has 1 aliphatic rings. The number of nitrogens with zero attached hydrogens (tertiary/aromatic N) is 2. The summed E-state index contributed by atoms with van der Waals surface area (Å²) in [5.41, 5.74) is 5.57. The number of alkyl halides is 3. The van der Waals surface area contributed by atoms with Crippen molar-refractivity contribution >= 4 is 23.2 Å². The van der Waals surface area contributed by atoms with Crippen LogP contribution in [-0.2, 0) is 9.57 Å². The van der Waals surface area contributed by atoms with Gasteiger partial charge < -0.3 is 20.7 Å². The van der Waals surface area contributed by atoms with Crippen LogP contribution in [0.3, 0.4) is 0 Å². The molecule has 0 aromatic carbocycles. The lowest BCUT2D eigenvalue weighted by Crippen LogP contribution is -2.53. The normalized spacial score (nSPS) is 18.8. The van der Waals surface area contributed by atoms with Crippen molar-refractivity contribution in [1.29, 1.82) is 0 Å². The summed E-state index contributed by atoms with van der Waals surface area (Å²) >= 11 is 1.33. The summed E-state index contributed by atoms with van der Waals surface area (Å²) in [6.45, 7) is 1.18. The Morgan fingerprint density at radius 2 is 2.16 bits per heavy atom. The van der Waals surface area contributed by atoms with Crippen LogP contribution in [0.4, 0.5) is 13.2 Å². The molecular weight excluding hydrogens is 451 g/mol. The Balaban J connectivity index is 1.61. The molecule has 3 rings (SSSR count). The second kappa shape index (κ2) is 10.4. The van der Waals surface area contributed by atoms with Gasteiger partial charge >= 0.3 is 6.18 Å². The molecule has 1 unspecified atom stereocenters. The van der Waals surface area contributed by atoms with Crippen LogP contribution in [0.15, 0.2) is 35.8 Å². The molecule has 32 heavy (non-hydrogen) atoms. The third kappa shape index (κ3) is 5.61. The van der Waals surface area contributed by atoms with Gasteiger partial charge in [0.1, 0.15) is 5.69 Å². The van der Waals surface area contributed by atoms with Gasteiger partial charge in [-0.1, -0.05) is 12.1 Å². The van der Waals surface area contributed by atoms with Crippen LogP contribution in [0.5, 0.6) is 0 Å². The molecule has 3 atom stereocenters. The minimum absolute atomic E-state index is 0.00252. The first-order valence-corrected chi connectivity index (χ1v) is 10.4. The second-order valence-corrected chi connectivity index (χ2v) is 7.96. The van der Waals surface area contributed by atoms with Gasteiger partial charge in [-0.25, -0.2) is 5.90 Å². The number of halogens is 3. The lowest BCUT2D eigenvalue weighted by atomic mass is 10.0. The highest BCUT2D eigenvalue weighted by atomic mass is 32.1. The molecule has 0 spiro atoms. The molecule has 13 heteroatoms. The van der Waals surface area contributed by atoms with Gasteiger partial charge in [-0.3, -0.25) is 19.4 Å². The average molecular weight is 473 g/mol. The number of morpholine rings is 1. The van der Waals surface area contributed by atoms with Gasteiger partial charge in [0, 0.05) is 19.3 Å². The first-order valence-electron chi connectivity index (χ1n) is 9.56. The van der Waals surface area contributed by atoms with Crippen LogP contribution >= 0.6 is 11.3 Å². The number of hydrogen-bond acceptors (Lipinski definition) is 8. The van der Waals surface area contributed by atoms with Crippen LogP contribution in [0.2, 0.25) is 0 Å². The number of thiophene rings is 1. The van der Waals surface area contributed by atoms with Crippen molar-refractivity contribution in [3.05, 3.63) is 52.0 Å². The fourth-order valence-electron chi connectivity index (χ4n) is 3.21. The number of pyridine rings is 1. The van der Waals surface area contributed by atoms with Crippen LogP contribution in [-0.4, -0.2) is 66.3 Å². The van der Waals surface area contributed by atoms with Gasteiger partial charge in [-0.15, -0.1) is 11.3 Å². The standard InChI is InChI=1S/C19H22F3N5O4S/c20-19(21,22)16(31-24)15(23)11-3-4-13(25-8-11)17(28)26-9-12-10-30-6-5-27(12)18(29)14-2-1-7-32-14/h1-4,7-8,12,15-16H,5-6,9-10,23-24H2,(H,26,28)/t12-,15-,16?/m0/s1. The number of hydrogen-bond donors (Lipinski definition) is 3. The summed E-state index contributed by atoms with van der Waals surface area (Å²) in [5, 5.41) is 4.49. The highest BCUT2D eigenvalue weighted by molar-refractivity contribution is 7.12. The summed E-state index contributed by atoms with van der Waals surface area (Å²) in [5.74, 6) is 4.03. The first kappa shape index (κ1) is 24.1. The Bertz CT molecular complexity index is 911. The van der Waals surface area contributed by atoms with E-state index in [0.29, 0.717) is 18.0 Å². The van der Waals surface area contributed by atoms with Crippen molar-refractivity contribution in [3.8, 4) is 0 Å². The zero-order valence-electron chi connectivity index (χ0n) is 16.7. The fourth-order valence-corrected chi connectivity index (χ4v) is 3.89. The maximum atomic E-state index is 12.9. The van der Waals surface area contributed by atoms with Crippen molar-refractivity contribution in [2.75, 3.05) is 26.3 Å². The van der Waals surface area contributed by atoms with Gasteiger partial charge in [0.05, 0.1) is 30.2 Å². The Morgan fingerprint density at radius 1 is 1.38 bits per heavy atom. The van der Waals surface area contributed by atoms with Gasteiger partial charge in [0.15, 0.2) is 6.10 Å². The molecule has 9 nitrogen and oxygen atoms in total. The summed E-state index contributed by atoms with van der Waals surface area (Å²) in [6.07, 6.45) is -6.12. The number of aromatic nitrogens is 1. The number of carbonyl (C=O) groups excluding carboxylic acids is 2. The van der Waals surface area contributed by atoms with Crippen LogP contribution in [0.25, 0.3) is 0 Å². The lowest BCUT2D eigenvalue weighted by molar-refractivity contribution is -0.228. The highest BCUT2D eigenvalue weighted by Crippen LogP contribution is 2.30. The Labute approximate surface area is 185 Å². The van der Waals surface area contributed by atoms with E-state index in [1.54, 1.807) is 17.0 Å². The summed E-state index contributed by atoms with van der Waals surface area (Å²) < 4.78 is 44.2. The number of carbonyl (C=O) groups is 2. The Hall–Kier alpha value is -2.58. The third-order valence-electron chi connectivity index (χ3n) is 4.92. The second-order valence-electron chi connectivity index (χ2n) is 7.02. The van der Waals surface area contributed by atoms with Gasteiger partial charge in [-0.2, -0.15) is 13.2 Å². The van der Waals surface area contributed by atoms with Crippen molar-refractivity contribution in [1.82, 2.24) is 15.2 Å². The van der Waals surface area contributed by atoms with Crippen LogP contribution in [0, 0.1) is 0 Å². The Kier molecular flexibility index (Phi) is 7.79. The van der Waals surface area contributed by atoms with E-state index >= 15 is 0 Å². The molecule has 1 fully saturated rings. The predicted molar refractivity (Wildman–Crippen MR) is 109 cm³/mol. The largest absolute Gasteiger partial charge is 0.418 e. The molecule has 174 valence electrons. The molecule has 0 saturated carbocycles. The summed E-state index contributed by atoms with van der Waals surface area (Å²) in [6, 6.07) is 4.03. The van der Waals surface area contributed by atoms with Gasteiger partial charge in [-0.05, 0) is 23.1 Å². The minimum atomic E-state index is -4.77. The monoisotopic (exact) mass is 473 g/mol. The van der Waals surface area contributed by atoms with E-state index < -0.39 is 24.2 Å². The summed E-state index contributed by atoms with van der Waals surface area (Å²) in [7, 11) is 0. The van der Waals surface area contributed by atoms with Crippen molar-refractivity contribution in [3.63, 3.8) is 0 Å². The van der Waals surface area contributed by atoms with E-state index in [9.17, 15) is 22.8 Å². The molecule has 5 N–H and O–H groups in total. The average Bonchev–Trinajstić information content (AvgIpc) is 3.31. The number of amides is 2. The van der Waals surface area contributed by atoms with Crippen molar-refractivity contribution in [2.24, 2.45) is 11.6 Å². The maximum Gasteiger partial charge on any atom is 0.418 e. The molecule has 0 radical (unpaired) electrons. The topological polar surface area (TPSA) is 133 Å². The predicted octanol–water partition coefficient (Wildman–Crippen LogP) is 1.24. The highest BCUT2D eigenvalue weighted by Gasteiger charge is 2.45. The fraction of sp³-hybridized carbons (Fsp3) is 0.421. The maximum absolute atomic E-state index is 12.9. The number of rotatable bonds is 7. The van der Waals surface area contributed by atoms with E-state index in [1.165, 1.54) is 23.5 Å². The molecule has 2 amide bonds. The van der Waals surface area contributed by atoms with Crippen molar-refractivity contribution < 1.29 is 32.3 Å². The minimum Gasteiger partial charge on any atom is -0.377 e. The van der Waals surface area contributed by atoms with Crippen LogP contribution < -0.4 is 16.9 Å². The molecular formula is C19H22F3N5O4S. The lowest BCUT2D eigenvalue weighted by Gasteiger charge is -2.35. The number of nitrogens with one attached hydrogen (secondary N) is 1. The Morgan fingerprint density at radius 3 is 2.75 bits per heavy atom. The van der Waals surface area contributed by atoms with E-state index in [-0.39, 0.29) is 36.4 Å². The zero-order valence-corrected chi connectivity index (χ0v) is 17.6. The van der Waals surface area contributed by atoms with Crippen molar-refractivity contribution in [2.45, 2.75) is 24.4 Å². The SMILES string of the molecule is NOC([C@@H](N)c1ccc(C(=O)NC[C@H]2COCCN2C(=O)c2cccs2)nc1)C(F)(F)F. The summed E-state index contributed by atoms with van der Waals surface area (Å²) in [4.78, 5) is 35.2. The van der Waals surface area contributed by atoms with E-state index in [4.69, 9.17) is 16.4 Å². The molecule has 3 heterocycles. The van der Waals surface area contributed by atoms with Crippen LogP contribution in [0.1, 0.15) is 31.8 Å². The molecule has 2 aromatic rings. The zero-order chi connectivity index (χ0) is 23.3. The molecule has 0 bridgehead atoms. The molecule has 0 aliphatic carbocycles. The van der Waals surface area contributed by atoms with Gasteiger partial charge in [0.25, 0.3) is 11.8 Å². The van der Waals surface area contributed by atoms with E-state index in [0.717, 1.165) is 6.20 Å². The molecule has 2 aromatic heterocycles.